The first kappa shape index (κ1) is 26.1. The van der Waals surface area contributed by atoms with E-state index in [1.807, 2.05) is 0 Å². The number of aliphatic hydroxyl groups is 1. The number of amides is 3. The van der Waals surface area contributed by atoms with Crippen molar-refractivity contribution < 1.29 is 24.7 Å². The number of aliphatic hydroxyl groups excluding tert-OH is 1. The van der Waals surface area contributed by atoms with Crippen LogP contribution >= 0.6 is 0 Å². The number of carbonyl (C=O) groups is 3. The minimum atomic E-state index is -1.05. The molecule has 0 fully saturated rings. The summed E-state index contributed by atoms with van der Waals surface area (Å²) < 4.78 is 0. The molecule has 8 N–H and O–H groups in total. The average Bonchev–Trinajstić information content (AvgIpc) is 2.86. The molecule has 0 saturated heterocycles. The number of hydroxylamine groups is 1. The predicted molar refractivity (Wildman–Crippen MR) is 125 cm³/mol. The van der Waals surface area contributed by atoms with Gasteiger partial charge in [-0.3, -0.25) is 19.6 Å². The zero-order chi connectivity index (χ0) is 24.8. The van der Waals surface area contributed by atoms with E-state index < -0.39 is 17.9 Å². The van der Waals surface area contributed by atoms with E-state index in [1.54, 1.807) is 48.5 Å². The molecule has 3 amide bonds. The van der Waals surface area contributed by atoms with Crippen LogP contribution in [-0.2, 0) is 9.59 Å². The smallest absolute Gasteiger partial charge is 0.267 e. The van der Waals surface area contributed by atoms with Gasteiger partial charge in [0.2, 0.25) is 5.91 Å². The van der Waals surface area contributed by atoms with Gasteiger partial charge >= 0.3 is 0 Å². The summed E-state index contributed by atoms with van der Waals surface area (Å²) >= 11 is 0. The Morgan fingerprint density at radius 3 is 2.06 bits per heavy atom. The molecule has 34 heavy (non-hydrogen) atoms. The van der Waals surface area contributed by atoms with E-state index >= 15 is 0 Å². The van der Waals surface area contributed by atoms with E-state index in [1.165, 1.54) is 5.48 Å². The number of hydrogen-bond donors (Lipinski definition) is 7. The van der Waals surface area contributed by atoms with Gasteiger partial charge in [-0.1, -0.05) is 11.8 Å². The molecule has 0 bridgehead atoms. The summed E-state index contributed by atoms with van der Waals surface area (Å²) in [6.07, 6.45) is 0. The van der Waals surface area contributed by atoms with E-state index in [2.05, 4.69) is 39.6 Å². The molecule has 176 valence electrons. The molecule has 10 heteroatoms. The molecule has 0 radical (unpaired) electrons. The van der Waals surface area contributed by atoms with Crippen molar-refractivity contribution in [1.29, 1.82) is 0 Å². The van der Waals surface area contributed by atoms with E-state index in [9.17, 15) is 14.4 Å². The summed E-state index contributed by atoms with van der Waals surface area (Å²) in [5, 5.41) is 25.3. The van der Waals surface area contributed by atoms with Gasteiger partial charge in [0.15, 0.2) is 0 Å². The van der Waals surface area contributed by atoms with Crippen molar-refractivity contribution in [3.63, 3.8) is 0 Å². The van der Waals surface area contributed by atoms with Crippen LogP contribution in [0.3, 0.4) is 0 Å². The van der Waals surface area contributed by atoms with Crippen molar-refractivity contribution in [2.24, 2.45) is 5.73 Å². The fourth-order valence-electron chi connectivity index (χ4n) is 2.59. The van der Waals surface area contributed by atoms with E-state index in [0.717, 1.165) is 5.56 Å². The molecule has 0 aliphatic heterocycles. The van der Waals surface area contributed by atoms with Crippen LogP contribution in [0.5, 0.6) is 0 Å². The summed E-state index contributed by atoms with van der Waals surface area (Å²) in [7, 11) is 0. The zero-order valence-corrected chi connectivity index (χ0v) is 18.2. The standard InChI is InChI=1S/C24H25N5O5/c25-15-21(24(33)29-34)28-23(32)19-9-5-17(6-10-19)3-1-2-4-18-7-11-20(12-8-18)27-22(31)16-26-13-14-30/h5-12,21,26,30,34H,13-16,25H2,(H,27,31)(H,28,32)(H,29,33)/t21-/m0/s1. The Bertz CT molecular complexity index is 1110. The lowest BCUT2D eigenvalue weighted by molar-refractivity contribution is -0.130. The van der Waals surface area contributed by atoms with Crippen LogP contribution in [-0.4, -0.2) is 60.3 Å². The molecule has 0 unspecified atom stereocenters. The molecule has 0 aromatic heterocycles. The van der Waals surface area contributed by atoms with Gasteiger partial charge in [0, 0.05) is 35.5 Å². The molecule has 10 nitrogen and oxygen atoms in total. The quantitative estimate of drug-likeness (QED) is 0.110. The van der Waals surface area contributed by atoms with Gasteiger partial charge in [0.25, 0.3) is 11.8 Å². The van der Waals surface area contributed by atoms with Crippen LogP contribution in [0.15, 0.2) is 48.5 Å². The SMILES string of the molecule is NC[C@H](NC(=O)c1ccc(C#CC#Cc2ccc(NC(=O)CNCCO)cc2)cc1)C(=O)NO. The molecule has 0 aliphatic rings. The molecule has 2 aromatic carbocycles. The highest BCUT2D eigenvalue weighted by molar-refractivity contribution is 5.97. The van der Waals surface area contributed by atoms with Crippen molar-refractivity contribution in [1.82, 2.24) is 16.1 Å². The van der Waals surface area contributed by atoms with Gasteiger partial charge in [0.1, 0.15) is 6.04 Å². The lowest BCUT2D eigenvalue weighted by Crippen LogP contribution is -2.50. The van der Waals surface area contributed by atoms with E-state index in [0.29, 0.717) is 23.4 Å². The second-order valence-corrected chi connectivity index (χ2v) is 6.84. The maximum absolute atomic E-state index is 12.2. The third kappa shape index (κ3) is 8.74. The van der Waals surface area contributed by atoms with Crippen LogP contribution in [0.25, 0.3) is 0 Å². The second kappa shape index (κ2) is 14.1. The molecular formula is C24H25N5O5. The maximum atomic E-state index is 12.2. The normalized spacial score (nSPS) is 10.6. The topological polar surface area (TPSA) is 166 Å². The summed E-state index contributed by atoms with van der Waals surface area (Å²) in [4.78, 5) is 35.3. The minimum absolute atomic E-state index is 0.0327. The van der Waals surface area contributed by atoms with Gasteiger partial charge in [-0.2, -0.15) is 0 Å². The highest BCUT2D eigenvalue weighted by atomic mass is 16.5. The monoisotopic (exact) mass is 463 g/mol. The zero-order valence-electron chi connectivity index (χ0n) is 18.2. The molecule has 0 heterocycles. The van der Waals surface area contributed by atoms with Crippen LogP contribution in [0.2, 0.25) is 0 Å². The molecule has 0 saturated carbocycles. The first-order valence-electron chi connectivity index (χ1n) is 10.2. The molecular weight excluding hydrogens is 438 g/mol. The van der Waals surface area contributed by atoms with Crippen molar-refractivity contribution in [2.75, 3.05) is 31.6 Å². The van der Waals surface area contributed by atoms with Crippen molar-refractivity contribution in [3.05, 3.63) is 65.2 Å². The number of hydrogen-bond acceptors (Lipinski definition) is 7. The number of nitrogens with one attached hydrogen (secondary N) is 4. The van der Waals surface area contributed by atoms with Crippen molar-refractivity contribution >= 4 is 23.4 Å². The van der Waals surface area contributed by atoms with Gasteiger partial charge in [-0.15, -0.1) is 0 Å². The lowest BCUT2D eigenvalue weighted by atomic mass is 10.1. The molecule has 2 rings (SSSR count). The van der Waals surface area contributed by atoms with Crippen LogP contribution < -0.4 is 27.2 Å². The summed E-state index contributed by atoms with van der Waals surface area (Å²) in [5.41, 5.74) is 9.16. The number of nitrogens with two attached hydrogens (primary N) is 1. The third-order valence-corrected chi connectivity index (χ3v) is 4.33. The van der Waals surface area contributed by atoms with Crippen LogP contribution in [0.1, 0.15) is 21.5 Å². The highest BCUT2D eigenvalue weighted by Crippen LogP contribution is 2.08. The molecule has 1 atom stereocenters. The predicted octanol–water partition coefficient (Wildman–Crippen LogP) is -0.827. The number of benzene rings is 2. The Morgan fingerprint density at radius 1 is 0.941 bits per heavy atom. The summed E-state index contributed by atoms with van der Waals surface area (Å²) in [5.74, 6) is 9.71. The fourth-order valence-corrected chi connectivity index (χ4v) is 2.59. The first-order valence-corrected chi connectivity index (χ1v) is 10.2. The Balaban J connectivity index is 1.91. The second-order valence-electron chi connectivity index (χ2n) is 6.84. The van der Waals surface area contributed by atoms with Crippen LogP contribution in [0.4, 0.5) is 5.69 Å². The Morgan fingerprint density at radius 2 is 1.53 bits per heavy atom. The maximum Gasteiger partial charge on any atom is 0.267 e. The molecule has 0 spiro atoms. The van der Waals surface area contributed by atoms with Crippen molar-refractivity contribution in [3.8, 4) is 23.7 Å². The number of rotatable bonds is 9. The van der Waals surface area contributed by atoms with E-state index in [4.69, 9.17) is 16.0 Å². The van der Waals surface area contributed by atoms with Gasteiger partial charge in [0.05, 0.1) is 13.2 Å². The molecule has 2 aromatic rings. The van der Waals surface area contributed by atoms with Gasteiger partial charge in [-0.25, -0.2) is 5.48 Å². The van der Waals surface area contributed by atoms with E-state index in [-0.39, 0.29) is 25.6 Å². The lowest BCUT2D eigenvalue weighted by Gasteiger charge is -2.14. The average molecular weight is 463 g/mol. The third-order valence-electron chi connectivity index (χ3n) is 4.33. The first-order chi connectivity index (χ1) is 16.5. The van der Waals surface area contributed by atoms with Crippen LogP contribution in [0, 0.1) is 23.7 Å². The Hall–Kier alpha value is -4.19. The Kier molecular flexibility index (Phi) is 10.8. The molecule has 0 aliphatic carbocycles. The highest BCUT2D eigenvalue weighted by Gasteiger charge is 2.19. The summed E-state index contributed by atoms with van der Waals surface area (Å²) in [6.45, 7) is 0.261. The Labute approximate surface area is 196 Å². The van der Waals surface area contributed by atoms with Crippen molar-refractivity contribution in [2.45, 2.75) is 6.04 Å². The largest absolute Gasteiger partial charge is 0.395 e. The van der Waals surface area contributed by atoms with Gasteiger partial charge < -0.3 is 26.8 Å². The fraction of sp³-hybridized carbons (Fsp3) is 0.208. The van der Waals surface area contributed by atoms with Gasteiger partial charge in [-0.05, 0) is 60.4 Å². The minimum Gasteiger partial charge on any atom is -0.395 e. The number of anilines is 1. The number of carbonyl (C=O) groups excluding carboxylic acids is 3. The summed E-state index contributed by atoms with van der Waals surface area (Å²) in [6, 6.07) is 12.3.